The van der Waals surface area contributed by atoms with Crippen molar-refractivity contribution < 1.29 is 0 Å². The molecule has 0 saturated carbocycles. The molecule has 0 radical (unpaired) electrons. The Balaban J connectivity index is 2.16. The smallest absolute Gasteiger partial charge is 0.0578 e. The van der Waals surface area contributed by atoms with Gasteiger partial charge in [-0.05, 0) is 51.4 Å². The van der Waals surface area contributed by atoms with Crippen LogP contribution in [0.2, 0.25) is 0 Å². The molecule has 0 aromatic carbocycles. The zero-order valence-corrected chi connectivity index (χ0v) is 10.4. The third kappa shape index (κ3) is 2.62. The van der Waals surface area contributed by atoms with Crippen molar-refractivity contribution in [3.63, 3.8) is 0 Å². The average Bonchev–Trinajstić information content (AvgIpc) is 2.30. The lowest BCUT2D eigenvalue weighted by Gasteiger charge is -2.35. The first-order valence-electron chi connectivity index (χ1n) is 6.49. The third-order valence-electron chi connectivity index (χ3n) is 3.38. The first-order chi connectivity index (χ1) is 7.81. The lowest BCUT2D eigenvalue weighted by Crippen LogP contribution is -2.34. The Hall–Kier alpha value is -0.890. The number of aryl methyl sites for hydroxylation is 1. The molecule has 2 heteroatoms. The lowest BCUT2D eigenvalue weighted by atomic mass is 9.98. The standard InChI is InChI=1S/C14H22N2/c1-3-10-16-11-5-4-9-14(16)13-8-6-7-12(2)15-13/h6-8,14H,3-5,9-11H2,1-2H3. The van der Waals surface area contributed by atoms with Gasteiger partial charge in [0, 0.05) is 5.69 Å². The van der Waals surface area contributed by atoms with Crippen molar-refractivity contribution in [2.24, 2.45) is 0 Å². The van der Waals surface area contributed by atoms with E-state index < -0.39 is 0 Å². The Morgan fingerprint density at radius 2 is 2.25 bits per heavy atom. The van der Waals surface area contributed by atoms with Gasteiger partial charge in [-0.15, -0.1) is 0 Å². The molecule has 1 atom stereocenters. The molecule has 0 spiro atoms. The highest BCUT2D eigenvalue weighted by Crippen LogP contribution is 2.29. The van der Waals surface area contributed by atoms with Crippen LogP contribution in [0.3, 0.4) is 0 Å². The molecule has 0 aliphatic carbocycles. The number of pyridine rings is 1. The first kappa shape index (κ1) is 11.6. The zero-order valence-electron chi connectivity index (χ0n) is 10.4. The summed E-state index contributed by atoms with van der Waals surface area (Å²) in [6, 6.07) is 6.96. The summed E-state index contributed by atoms with van der Waals surface area (Å²) in [5, 5.41) is 0. The van der Waals surface area contributed by atoms with E-state index in [1.54, 1.807) is 0 Å². The fourth-order valence-corrected chi connectivity index (χ4v) is 2.63. The van der Waals surface area contributed by atoms with Gasteiger partial charge in [0.2, 0.25) is 0 Å². The summed E-state index contributed by atoms with van der Waals surface area (Å²) in [4.78, 5) is 7.29. The van der Waals surface area contributed by atoms with Crippen LogP contribution in [-0.2, 0) is 0 Å². The molecule has 2 heterocycles. The van der Waals surface area contributed by atoms with Crippen molar-refractivity contribution in [2.45, 2.75) is 45.6 Å². The molecule has 1 saturated heterocycles. The minimum Gasteiger partial charge on any atom is -0.295 e. The predicted molar refractivity (Wildman–Crippen MR) is 67.4 cm³/mol. The van der Waals surface area contributed by atoms with E-state index in [0.717, 1.165) is 5.69 Å². The molecule has 1 aliphatic heterocycles. The number of hydrogen-bond donors (Lipinski definition) is 0. The van der Waals surface area contributed by atoms with Gasteiger partial charge in [0.05, 0.1) is 11.7 Å². The third-order valence-corrected chi connectivity index (χ3v) is 3.38. The molecule has 88 valence electrons. The zero-order chi connectivity index (χ0) is 11.4. The molecule has 0 N–H and O–H groups in total. The summed E-state index contributed by atoms with van der Waals surface area (Å²) in [5.41, 5.74) is 2.41. The molecular formula is C14H22N2. The summed E-state index contributed by atoms with van der Waals surface area (Å²) in [6.45, 7) is 6.79. The summed E-state index contributed by atoms with van der Waals surface area (Å²) in [5.74, 6) is 0. The molecule has 2 nitrogen and oxygen atoms in total. The fraction of sp³-hybridized carbons (Fsp3) is 0.643. The largest absolute Gasteiger partial charge is 0.295 e. The molecule has 2 rings (SSSR count). The second-order valence-corrected chi connectivity index (χ2v) is 4.75. The van der Waals surface area contributed by atoms with Gasteiger partial charge in [-0.3, -0.25) is 9.88 Å². The Labute approximate surface area is 98.7 Å². The maximum atomic E-state index is 4.69. The molecule has 1 aliphatic rings. The van der Waals surface area contributed by atoms with E-state index in [1.807, 2.05) is 0 Å². The monoisotopic (exact) mass is 218 g/mol. The van der Waals surface area contributed by atoms with Gasteiger partial charge < -0.3 is 0 Å². The number of piperidine rings is 1. The lowest BCUT2D eigenvalue weighted by molar-refractivity contribution is 0.145. The van der Waals surface area contributed by atoms with E-state index >= 15 is 0 Å². The Morgan fingerprint density at radius 1 is 1.38 bits per heavy atom. The summed E-state index contributed by atoms with van der Waals surface area (Å²) in [7, 11) is 0. The number of rotatable bonds is 3. The van der Waals surface area contributed by atoms with E-state index in [-0.39, 0.29) is 0 Å². The van der Waals surface area contributed by atoms with Crippen molar-refractivity contribution in [3.8, 4) is 0 Å². The molecule has 16 heavy (non-hydrogen) atoms. The normalized spacial score (nSPS) is 22.2. The molecule has 1 aromatic rings. The maximum absolute atomic E-state index is 4.69. The molecule has 0 bridgehead atoms. The van der Waals surface area contributed by atoms with Crippen LogP contribution in [-0.4, -0.2) is 23.0 Å². The minimum atomic E-state index is 0.564. The second kappa shape index (κ2) is 5.44. The van der Waals surface area contributed by atoms with Crippen LogP contribution in [0.15, 0.2) is 18.2 Å². The van der Waals surface area contributed by atoms with Crippen molar-refractivity contribution in [3.05, 3.63) is 29.6 Å². The van der Waals surface area contributed by atoms with Crippen LogP contribution in [0.1, 0.15) is 50.0 Å². The quantitative estimate of drug-likeness (QED) is 0.773. The molecule has 1 aromatic heterocycles. The Bertz CT molecular complexity index is 333. The summed E-state index contributed by atoms with van der Waals surface area (Å²) < 4.78 is 0. The van der Waals surface area contributed by atoms with Gasteiger partial charge in [-0.2, -0.15) is 0 Å². The van der Waals surface area contributed by atoms with Gasteiger partial charge in [-0.1, -0.05) is 19.4 Å². The first-order valence-corrected chi connectivity index (χ1v) is 6.49. The van der Waals surface area contributed by atoms with Gasteiger partial charge in [0.15, 0.2) is 0 Å². The van der Waals surface area contributed by atoms with Crippen LogP contribution >= 0.6 is 0 Å². The van der Waals surface area contributed by atoms with Crippen LogP contribution in [0, 0.1) is 6.92 Å². The van der Waals surface area contributed by atoms with Crippen molar-refractivity contribution >= 4 is 0 Å². The Morgan fingerprint density at radius 3 is 3.00 bits per heavy atom. The van der Waals surface area contributed by atoms with E-state index in [4.69, 9.17) is 0 Å². The Kier molecular flexibility index (Phi) is 3.94. The summed E-state index contributed by atoms with van der Waals surface area (Å²) in [6.07, 6.45) is 5.21. The second-order valence-electron chi connectivity index (χ2n) is 4.75. The van der Waals surface area contributed by atoms with Crippen LogP contribution in [0.5, 0.6) is 0 Å². The topological polar surface area (TPSA) is 16.1 Å². The number of hydrogen-bond acceptors (Lipinski definition) is 2. The number of aromatic nitrogens is 1. The number of likely N-dealkylation sites (tertiary alicyclic amines) is 1. The highest BCUT2D eigenvalue weighted by molar-refractivity contribution is 5.14. The molecular weight excluding hydrogens is 196 g/mol. The van der Waals surface area contributed by atoms with E-state index in [0.29, 0.717) is 6.04 Å². The van der Waals surface area contributed by atoms with Gasteiger partial charge >= 0.3 is 0 Å². The molecule has 1 unspecified atom stereocenters. The SMILES string of the molecule is CCCN1CCCCC1c1cccc(C)n1. The van der Waals surface area contributed by atoms with Gasteiger partial charge in [0.1, 0.15) is 0 Å². The van der Waals surface area contributed by atoms with Crippen molar-refractivity contribution in [2.75, 3.05) is 13.1 Å². The van der Waals surface area contributed by atoms with E-state index in [9.17, 15) is 0 Å². The highest BCUT2D eigenvalue weighted by atomic mass is 15.2. The van der Waals surface area contributed by atoms with Crippen molar-refractivity contribution in [1.29, 1.82) is 0 Å². The van der Waals surface area contributed by atoms with Gasteiger partial charge in [-0.25, -0.2) is 0 Å². The van der Waals surface area contributed by atoms with E-state index in [1.165, 1.54) is 44.5 Å². The highest BCUT2D eigenvalue weighted by Gasteiger charge is 2.23. The fourth-order valence-electron chi connectivity index (χ4n) is 2.63. The molecule has 0 amide bonds. The van der Waals surface area contributed by atoms with Crippen molar-refractivity contribution in [1.82, 2.24) is 9.88 Å². The predicted octanol–water partition coefficient (Wildman–Crippen LogP) is 3.33. The minimum absolute atomic E-state index is 0.564. The van der Waals surface area contributed by atoms with Crippen LogP contribution < -0.4 is 0 Å². The van der Waals surface area contributed by atoms with Gasteiger partial charge in [0.25, 0.3) is 0 Å². The average molecular weight is 218 g/mol. The number of nitrogens with zero attached hydrogens (tertiary/aromatic N) is 2. The summed E-state index contributed by atoms with van der Waals surface area (Å²) >= 11 is 0. The van der Waals surface area contributed by atoms with Crippen LogP contribution in [0.4, 0.5) is 0 Å². The van der Waals surface area contributed by atoms with E-state index in [2.05, 4.69) is 41.9 Å². The molecule has 1 fully saturated rings. The maximum Gasteiger partial charge on any atom is 0.0578 e. The van der Waals surface area contributed by atoms with Crippen LogP contribution in [0.25, 0.3) is 0 Å².